The Bertz CT molecular complexity index is 707. The van der Waals surface area contributed by atoms with E-state index in [1.165, 1.54) is 13.4 Å². The van der Waals surface area contributed by atoms with Gasteiger partial charge in [0.2, 0.25) is 0 Å². The summed E-state index contributed by atoms with van der Waals surface area (Å²) in [5.41, 5.74) is -0.0132. The standard InChI is InChI=1S/C19H24N2O3/c1-17(2)18(3,4)21-19(20-17,15(13-24-21)16(22)23-5)12-11-14-9-7-6-8-10-14/h6-13,20H,1-5H3/b12-11+. The number of esters is 1. The van der Waals surface area contributed by atoms with Gasteiger partial charge in [-0.2, -0.15) is 0 Å². The van der Waals surface area contributed by atoms with Gasteiger partial charge in [-0.1, -0.05) is 36.4 Å². The molecule has 0 saturated carbocycles. The molecule has 2 aliphatic heterocycles. The molecule has 0 spiro atoms. The second-order valence-corrected chi connectivity index (χ2v) is 7.24. The topological polar surface area (TPSA) is 50.8 Å². The van der Waals surface area contributed by atoms with Crippen LogP contribution < -0.4 is 5.32 Å². The number of nitrogens with one attached hydrogen (secondary N) is 1. The van der Waals surface area contributed by atoms with E-state index in [1.807, 2.05) is 47.5 Å². The number of rotatable bonds is 3. The molecule has 0 aromatic heterocycles. The number of hydroxylamine groups is 2. The van der Waals surface area contributed by atoms with Crippen molar-refractivity contribution in [2.45, 2.75) is 44.4 Å². The molecule has 128 valence electrons. The molecule has 5 nitrogen and oxygen atoms in total. The molecule has 1 fully saturated rings. The lowest BCUT2D eigenvalue weighted by molar-refractivity contribution is -0.173. The van der Waals surface area contributed by atoms with E-state index in [4.69, 9.17) is 9.57 Å². The summed E-state index contributed by atoms with van der Waals surface area (Å²) in [5, 5.41) is 5.42. The SMILES string of the molecule is COC(=O)C1=CON2C1(/C=C/c1ccccc1)NC(C)(C)C2(C)C. The molecule has 1 aromatic rings. The van der Waals surface area contributed by atoms with E-state index in [1.54, 1.807) is 0 Å². The van der Waals surface area contributed by atoms with Crippen molar-refractivity contribution in [2.24, 2.45) is 0 Å². The molecule has 0 radical (unpaired) electrons. The van der Waals surface area contributed by atoms with E-state index in [-0.39, 0.29) is 11.1 Å². The molecule has 1 aromatic carbocycles. The lowest BCUT2D eigenvalue weighted by Gasteiger charge is -2.38. The number of nitrogens with zero attached hydrogens (tertiary/aromatic N) is 1. The number of hydrogen-bond donors (Lipinski definition) is 1. The van der Waals surface area contributed by atoms with Crippen LogP contribution in [0.15, 0.2) is 48.2 Å². The Kier molecular flexibility index (Phi) is 3.81. The van der Waals surface area contributed by atoms with Crippen molar-refractivity contribution in [1.29, 1.82) is 0 Å². The van der Waals surface area contributed by atoms with Crippen LogP contribution in [0.25, 0.3) is 6.08 Å². The van der Waals surface area contributed by atoms with Crippen LogP contribution in [0.4, 0.5) is 0 Å². The first-order valence-corrected chi connectivity index (χ1v) is 8.04. The molecule has 2 aliphatic rings. The molecule has 2 heterocycles. The Balaban J connectivity index is 2.08. The minimum absolute atomic E-state index is 0.290. The van der Waals surface area contributed by atoms with Crippen molar-refractivity contribution >= 4 is 12.0 Å². The first-order valence-electron chi connectivity index (χ1n) is 8.04. The van der Waals surface area contributed by atoms with Gasteiger partial charge in [-0.3, -0.25) is 5.32 Å². The molecule has 0 amide bonds. The minimum atomic E-state index is -0.865. The number of carbonyl (C=O) groups excluding carboxylic acids is 1. The summed E-state index contributed by atoms with van der Waals surface area (Å²) in [5.74, 6) is -0.406. The average Bonchev–Trinajstić information content (AvgIpc) is 2.98. The highest BCUT2D eigenvalue weighted by Gasteiger charge is 2.65. The molecule has 0 aliphatic carbocycles. The second-order valence-electron chi connectivity index (χ2n) is 7.24. The quantitative estimate of drug-likeness (QED) is 0.865. The fourth-order valence-corrected chi connectivity index (χ4v) is 3.26. The van der Waals surface area contributed by atoms with Crippen LogP contribution >= 0.6 is 0 Å². The third-order valence-corrected chi connectivity index (χ3v) is 5.27. The minimum Gasteiger partial charge on any atom is -0.465 e. The van der Waals surface area contributed by atoms with Crippen LogP contribution in [-0.2, 0) is 14.4 Å². The summed E-state index contributed by atoms with van der Waals surface area (Å²) in [7, 11) is 1.38. The fraction of sp³-hybridized carbons (Fsp3) is 0.421. The molecular weight excluding hydrogens is 304 g/mol. The molecule has 1 unspecified atom stereocenters. The van der Waals surface area contributed by atoms with Crippen LogP contribution in [0.3, 0.4) is 0 Å². The Hall–Kier alpha value is -2.11. The van der Waals surface area contributed by atoms with E-state index >= 15 is 0 Å². The van der Waals surface area contributed by atoms with Crippen molar-refractivity contribution in [3.63, 3.8) is 0 Å². The Morgan fingerprint density at radius 3 is 2.50 bits per heavy atom. The summed E-state index contributed by atoms with van der Waals surface area (Å²) in [4.78, 5) is 18.1. The maximum absolute atomic E-state index is 12.3. The molecule has 24 heavy (non-hydrogen) atoms. The Labute approximate surface area is 142 Å². The molecule has 1 saturated heterocycles. The van der Waals surface area contributed by atoms with Crippen LogP contribution in [0.5, 0.6) is 0 Å². The zero-order valence-electron chi connectivity index (χ0n) is 14.8. The van der Waals surface area contributed by atoms with Crippen molar-refractivity contribution in [3.05, 3.63) is 53.8 Å². The van der Waals surface area contributed by atoms with Crippen LogP contribution in [0.2, 0.25) is 0 Å². The Morgan fingerprint density at radius 2 is 1.88 bits per heavy atom. The summed E-state index contributed by atoms with van der Waals surface area (Å²) < 4.78 is 4.97. The third kappa shape index (κ3) is 2.27. The van der Waals surface area contributed by atoms with Crippen LogP contribution in [0, 0.1) is 0 Å². The van der Waals surface area contributed by atoms with Gasteiger partial charge >= 0.3 is 5.97 Å². The number of methoxy groups -OCH3 is 1. The van der Waals surface area contributed by atoms with Gasteiger partial charge in [-0.25, -0.2) is 4.79 Å². The number of fused-ring (bicyclic) bond motifs is 1. The summed E-state index contributed by atoms with van der Waals surface area (Å²) >= 11 is 0. The largest absolute Gasteiger partial charge is 0.465 e. The summed E-state index contributed by atoms with van der Waals surface area (Å²) in [6.07, 6.45) is 5.43. The number of hydrogen-bond acceptors (Lipinski definition) is 5. The predicted molar refractivity (Wildman–Crippen MR) is 92.5 cm³/mol. The smallest absolute Gasteiger partial charge is 0.340 e. The zero-order valence-corrected chi connectivity index (χ0v) is 14.8. The molecule has 0 bridgehead atoms. The van der Waals surface area contributed by atoms with E-state index in [9.17, 15) is 4.79 Å². The van der Waals surface area contributed by atoms with Gasteiger partial charge in [0, 0.05) is 5.54 Å². The van der Waals surface area contributed by atoms with Gasteiger partial charge < -0.3 is 9.57 Å². The Morgan fingerprint density at radius 1 is 1.21 bits per heavy atom. The second kappa shape index (κ2) is 5.46. The van der Waals surface area contributed by atoms with Gasteiger partial charge in [0.15, 0.2) is 5.66 Å². The monoisotopic (exact) mass is 328 g/mol. The van der Waals surface area contributed by atoms with Gasteiger partial charge in [0.05, 0.1) is 12.6 Å². The fourth-order valence-electron chi connectivity index (χ4n) is 3.26. The maximum Gasteiger partial charge on any atom is 0.340 e. The van der Waals surface area contributed by atoms with Gasteiger partial charge in [0.1, 0.15) is 11.8 Å². The van der Waals surface area contributed by atoms with Crippen LogP contribution in [0.1, 0.15) is 33.3 Å². The first-order chi connectivity index (χ1) is 11.2. The molecular formula is C19H24N2O3. The third-order valence-electron chi connectivity index (χ3n) is 5.27. The molecule has 1 atom stereocenters. The zero-order chi connectivity index (χ0) is 17.6. The number of benzene rings is 1. The van der Waals surface area contributed by atoms with Gasteiger partial charge in [-0.15, -0.1) is 5.06 Å². The predicted octanol–water partition coefficient (Wildman–Crippen LogP) is 2.86. The van der Waals surface area contributed by atoms with E-state index < -0.39 is 11.6 Å². The summed E-state index contributed by atoms with van der Waals surface area (Å²) in [6.45, 7) is 8.38. The lowest BCUT2D eigenvalue weighted by atomic mass is 9.84. The van der Waals surface area contributed by atoms with E-state index in [0.717, 1.165) is 5.56 Å². The van der Waals surface area contributed by atoms with Gasteiger partial charge in [0.25, 0.3) is 0 Å². The van der Waals surface area contributed by atoms with E-state index in [0.29, 0.717) is 5.57 Å². The molecule has 1 N–H and O–H groups in total. The molecule has 3 rings (SSSR count). The highest BCUT2D eigenvalue weighted by Crippen LogP contribution is 2.48. The first kappa shape index (κ1) is 16.7. The highest BCUT2D eigenvalue weighted by atomic mass is 16.7. The van der Waals surface area contributed by atoms with Crippen molar-refractivity contribution < 1.29 is 14.4 Å². The lowest BCUT2D eigenvalue weighted by Crippen LogP contribution is -2.52. The van der Waals surface area contributed by atoms with Gasteiger partial charge in [-0.05, 0) is 39.3 Å². The number of ether oxygens (including phenoxy) is 1. The van der Waals surface area contributed by atoms with Crippen molar-refractivity contribution in [2.75, 3.05) is 7.11 Å². The normalized spacial score (nSPS) is 27.6. The average molecular weight is 328 g/mol. The summed E-state index contributed by atoms with van der Waals surface area (Å²) in [6, 6.07) is 9.96. The number of carbonyl (C=O) groups is 1. The van der Waals surface area contributed by atoms with Crippen LogP contribution in [-0.4, -0.2) is 34.9 Å². The highest BCUT2D eigenvalue weighted by molar-refractivity contribution is 5.92. The van der Waals surface area contributed by atoms with Crippen molar-refractivity contribution in [1.82, 2.24) is 10.4 Å². The van der Waals surface area contributed by atoms with E-state index in [2.05, 4.69) is 33.0 Å². The maximum atomic E-state index is 12.3. The molecule has 5 heteroatoms. The van der Waals surface area contributed by atoms with Crippen molar-refractivity contribution in [3.8, 4) is 0 Å².